The van der Waals surface area contributed by atoms with Crippen molar-refractivity contribution in [3.05, 3.63) is 22.7 Å². The van der Waals surface area contributed by atoms with Crippen LogP contribution in [0.1, 0.15) is 6.92 Å². The molecule has 0 unspecified atom stereocenters. The van der Waals surface area contributed by atoms with Gasteiger partial charge in [0, 0.05) is 13.2 Å². The summed E-state index contributed by atoms with van der Waals surface area (Å²) >= 11 is 3.25. The van der Waals surface area contributed by atoms with Crippen molar-refractivity contribution < 1.29 is 17.9 Å². The zero-order valence-electron chi connectivity index (χ0n) is 10.4. The Morgan fingerprint density at radius 2 is 2.06 bits per heavy atom. The third-order valence-corrected chi connectivity index (χ3v) is 4.41. The summed E-state index contributed by atoms with van der Waals surface area (Å²) in [5.74, 6) is 0.582. The third-order valence-electron chi connectivity index (χ3n) is 2.21. The van der Waals surface area contributed by atoms with Crippen molar-refractivity contribution in [3.8, 4) is 5.75 Å². The van der Waals surface area contributed by atoms with E-state index in [0.29, 0.717) is 16.8 Å². The summed E-state index contributed by atoms with van der Waals surface area (Å²) in [5, 5.41) is 0. The van der Waals surface area contributed by atoms with E-state index in [2.05, 4.69) is 20.7 Å². The van der Waals surface area contributed by atoms with E-state index < -0.39 is 10.0 Å². The van der Waals surface area contributed by atoms with Crippen molar-refractivity contribution in [2.45, 2.75) is 17.9 Å². The first-order valence-corrected chi connectivity index (χ1v) is 7.53. The van der Waals surface area contributed by atoms with E-state index in [1.807, 2.05) is 0 Å². The monoisotopic (exact) mass is 337 g/mol. The summed E-state index contributed by atoms with van der Waals surface area (Å²) in [6, 6.07) is 4.30. The van der Waals surface area contributed by atoms with Crippen LogP contribution in [0.4, 0.5) is 0 Å². The minimum absolute atomic E-state index is 0.179. The SMILES string of the molecule is COC[C@@H](C)NS(=O)(=O)c1ccc(OC)c(Br)c1. The topological polar surface area (TPSA) is 64.6 Å². The van der Waals surface area contributed by atoms with Gasteiger partial charge in [0.05, 0.1) is 23.1 Å². The standard InChI is InChI=1S/C11H16BrNO4S/c1-8(7-16-2)13-18(14,15)9-4-5-11(17-3)10(12)6-9/h4-6,8,13H,7H2,1-3H3/t8-/m1/s1. The first-order valence-electron chi connectivity index (χ1n) is 5.25. The van der Waals surface area contributed by atoms with Crippen molar-refractivity contribution in [3.63, 3.8) is 0 Å². The molecular weight excluding hydrogens is 322 g/mol. The summed E-state index contributed by atoms with van der Waals surface area (Å²) in [7, 11) is -0.501. The second kappa shape index (κ2) is 6.51. The van der Waals surface area contributed by atoms with Crippen LogP contribution in [0, 0.1) is 0 Å². The van der Waals surface area contributed by atoms with Gasteiger partial charge in [-0.15, -0.1) is 0 Å². The van der Waals surface area contributed by atoms with Crippen LogP contribution in [0.3, 0.4) is 0 Å². The third kappa shape index (κ3) is 3.94. The average Bonchev–Trinajstić information content (AvgIpc) is 2.28. The van der Waals surface area contributed by atoms with Crippen molar-refractivity contribution in [1.29, 1.82) is 0 Å². The molecule has 0 aromatic heterocycles. The summed E-state index contributed by atoms with van der Waals surface area (Å²) in [6.07, 6.45) is 0. The highest BCUT2D eigenvalue weighted by Gasteiger charge is 2.18. The molecule has 1 aromatic rings. The van der Waals surface area contributed by atoms with Gasteiger partial charge in [0.2, 0.25) is 10.0 Å². The molecule has 5 nitrogen and oxygen atoms in total. The van der Waals surface area contributed by atoms with Crippen molar-refractivity contribution >= 4 is 26.0 Å². The van der Waals surface area contributed by atoms with Crippen LogP contribution in [0.25, 0.3) is 0 Å². The number of benzene rings is 1. The van der Waals surface area contributed by atoms with Crippen LogP contribution in [0.15, 0.2) is 27.6 Å². The highest BCUT2D eigenvalue weighted by atomic mass is 79.9. The summed E-state index contributed by atoms with van der Waals surface area (Å²) in [5.41, 5.74) is 0. The molecule has 18 heavy (non-hydrogen) atoms. The molecule has 102 valence electrons. The second-order valence-electron chi connectivity index (χ2n) is 3.77. The Morgan fingerprint density at radius 3 is 2.56 bits per heavy atom. The Morgan fingerprint density at radius 1 is 1.39 bits per heavy atom. The normalized spacial score (nSPS) is 13.3. The molecule has 0 aliphatic rings. The Hall–Kier alpha value is -0.630. The fourth-order valence-electron chi connectivity index (χ4n) is 1.43. The van der Waals surface area contributed by atoms with Crippen LogP contribution in [-0.4, -0.2) is 35.3 Å². The van der Waals surface area contributed by atoms with Crippen molar-refractivity contribution in [2.24, 2.45) is 0 Å². The number of ether oxygens (including phenoxy) is 2. The van der Waals surface area contributed by atoms with Gasteiger partial charge in [-0.3, -0.25) is 0 Å². The second-order valence-corrected chi connectivity index (χ2v) is 6.34. The number of hydrogen-bond donors (Lipinski definition) is 1. The lowest BCUT2D eigenvalue weighted by Crippen LogP contribution is -2.35. The fraction of sp³-hybridized carbons (Fsp3) is 0.455. The van der Waals surface area contributed by atoms with E-state index in [0.717, 1.165) is 0 Å². The van der Waals surface area contributed by atoms with Gasteiger partial charge in [-0.25, -0.2) is 13.1 Å². The van der Waals surface area contributed by atoms with Gasteiger partial charge in [-0.2, -0.15) is 0 Å². The molecule has 0 heterocycles. The maximum absolute atomic E-state index is 12.0. The molecule has 0 spiro atoms. The maximum Gasteiger partial charge on any atom is 0.240 e. The number of sulfonamides is 1. The molecule has 0 bridgehead atoms. The number of methoxy groups -OCH3 is 2. The number of halogens is 1. The van der Waals surface area contributed by atoms with Crippen LogP contribution in [0.2, 0.25) is 0 Å². The molecule has 1 rings (SSSR count). The Bertz CT molecular complexity index is 504. The van der Waals surface area contributed by atoms with Crippen molar-refractivity contribution in [1.82, 2.24) is 4.72 Å². The van der Waals surface area contributed by atoms with Crippen LogP contribution >= 0.6 is 15.9 Å². The maximum atomic E-state index is 12.0. The quantitative estimate of drug-likeness (QED) is 0.859. The van der Waals surface area contributed by atoms with E-state index in [4.69, 9.17) is 9.47 Å². The highest BCUT2D eigenvalue weighted by Crippen LogP contribution is 2.27. The predicted octanol–water partition coefficient (Wildman–Crippen LogP) is 1.77. The molecular formula is C11H16BrNO4S. The average molecular weight is 338 g/mol. The van der Waals surface area contributed by atoms with Crippen LogP contribution < -0.4 is 9.46 Å². The van der Waals surface area contributed by atoms with Crippen molar-refractivity contribution in [2.75, 3.05) is 20.8 Å². The van der Waals surface area contributed by atoms with E-state index in [-0.39, 0.29) is 10.9 Å². The first kappa shape index (κ1) is 15.4. The molecule has 1 aromatic carbocycles. The molecule has 1 atom stereocenters. The number of nitrogens with one attached hydrogen (secondary N) is 1. The zero-order valence-corrected chi connectivity index (χ0v) is 12.8. The van der Waals surface area contributed by atoms with E-state index in [1.54, 1.807) is 13.0 Å². The zero-order chi connectivity index (χ0) is 13.8. The molecule has 0 aliphatic carbocycles. The Labute approximate surface area is 116 Å². The van der Waals surface area contributed by atoms with Gasteiger partial charge in [0.15, 0.2) is 0 Å². The fourth-order valence-corrected chi connectivity index (χ4v) is 3.38. The molecule has 0 saturated carbocycles. The van der Waals surface area contributed by atoms with E-state index in [9.17, 15) is 8.42 Å². The molecule has 1 N–H and O–H groups in total. The highest BCUT2D eigenvalue weighted by molar-refractivity contribution is 9.10. The van der Waals surface area contributed by atoms with Gasteiger partial charge < -0.3 is 9.47 Å². The molecule has 0 fully saturated rings. The summed E-state index contributed by atoms with van der Waals surface area (Å²) < 4.78 is 37.1. The molecule has 0 aliphatic heterocycles. The summed E-state index contributed by atoms with van der Waals surface area (Å²) in [4.78, 5) is 0.179. The minimum Gasteiger partial charge on any atom is -0.496 e. The Kier molecular flexibility index (Phi) is 5.58. The lowest BCUT2D eigenvalue weighted by Gasteiger charge is -2.14. The Balaban J connectivity index is 2.95. The smallest absolute Gasteiger partial charge is 0.240 e. The van der Waals surface area contributed by atoms with Crippen LogP contribution in [0.5, 0.6) is 5.75 Å². The van der Waals surface area contributed by atoms with E-state index in [1.165, 1.54) is 26.4 Å². The number of rotatable bonds is 6. The minimum atomic E-state index is -3.54. The summed E-state index contributed by atoms with van der Waals surface area (Å²) in [6.45, 7) is 2.05. The lowest BCUT2D eigenvalue weighted by molar-refractivity contribution is 0.180. The number of hydrogen-bond acceptors (Lipinski definition) is 4. The molecule has 0 saturated heterocycles. The largest absolute Gasteiger partial charge is 0.496 e. The molecule has 7 heteroatoms. The van der Waals surface area contributed by atoms with Crippen LogP contribution in [-0.2, 0) is 14.8 Å². The lowest BCUT2D eigenvalue weighted by atomic mass is 10.3. The van der Waals surface area contributed by atoms with Gasteiger partial charge in [0.25, 0.3) is 0 Å². The van der Waals surface area contributed by atoms with Gasteiger partial charge in [-0.1, -0.05) is 0 Å². The molecule has 0 amide bonds. The first-order chi connectivity index (χ1) is 8.40. The van der Waals surface area contributed by atoms with Gasteiger partial charge in [0.1, 0.15) is 5.75 Å². The predicted molar refractivity (Wildman–Crippen MR) is 72.4 cm³/mol. The van der Waals surface area contributed by atoms with Gasteiger partial charge in [-0.05, 0) is 41.1 Å². The van der Waals surface area contributed by atoms with E-state index >= 15 is 0 Å². The molecule has 0 radical (unpaired) electrons. The van der Waals surface area contributed by atoms with Gasteiger partial charge >= 0.3 is 0 Å².